The average Bonchev–Trinajstić information content (AvgIpc) is 2.56. The molecule has 0 spiro atoms. The number of benzene rings is 2. The van der Waals surface area contributed by atoms with Crippen molar-refractivity contribution < 1.29 is 5.11 Å². The van der Waals surface area contributed by atoms with Crippen LogP contribution in [0.3, 0.4) is 0 Å². The standard InChI is InChI=1S/C18H15NO/c20-13-14-9-10-16(18-8-4-5-11-19-18)17(12-14)15-6-2-1-3-7-15/h1-12,20H,13H2. The molecular formula is C18H15NO. The monoisotopic (exact) mass is 261 g/mol. The summed E-state index contributed by atoms with van der Waals surface area (Å²) >= 11 is 0. The Labute approximate surface area is 118 Å². The molecule has 3 rings (SSSR count). The first kappa shape index (κ1) is 12.6. The predicted molar refractivity (Wildman–Crippen MR) is 81.0 cm³/mol. The topological polar surface area (TPSA) is 33.1 Å². The molecule has 0 bridgehead atoms. The van der Waals surface area contributed by atoms with Gasteiger partial charge in [-0.05, 0) is 34.9 Å². The van der Waals surface area contributed by atoms with E-state index in [0.29, 0.717) is 0 Å². The molecule has 0 radical (unpaired) electrons. The lowest BCUT2D eigenvalue weighted by molar-refractivity contribution is 0.282. The molecule has 2 heteroatoms. The number of rotatable bonds is 3. The minimum absolute atomic E-state index is 0.0440. The Morgan fingerprint density at radius 3 is 2.30 bits per heavy atom. The van der Waals surface area contributed by atoms with Crippen LogP contribution in [0.25, 0.3) is 22.4 Å². The summed E-state index contributed by atoms with van der Waals surface area (Å²) in [5, 5.41) is 9.35. The maximum absolute atomic E-state index is 9.35. The number of nitrogens with zero attached hydrogens (tertiary/aromatic N) is 1. The molecule has 0 aliphatic rings. The van der Waals surface area contributed by atoms with Gasteiger partial charge >= 0.3 is 0 Å². The zero-order chi connectivity index (χ0) is 13.8. The van der Waals surface area contributed by atoms with Gasteiger partial charge in [-0.1, -0.05) is 48.5 Å². The summed E-state index contributed by atoms with van der Waals surface area (Å²) in [6, 6.07) is 22.1. The van der Waals surface area contributed by atoms with Crippen LogP contribution in [-0.4, -0.2) is 10.1 Å². The van der Waals surface area contributed by atoms with E-state index in [0.717, 1.165) is 27.9 Å². The van der Waals surface area contributed by atoms with E-state index in [1.54, 1.807) is 6.20 Å². The van der Waals surface area contributed by atoms with Crippen LogP contribution in [-0.2, 0) is 6.61 Å². The lowest BCUT2D eigenvalue weighted by Gasteiger charge is -2.11. The van der Waals surface area contributed by atoms with Crippen LogP contribution < -0.4 is 0 Å². The summed E-state index contributed by atoms with van der Waals surface area (Å²) in [7, 11) is 0. The van der Waals surface area contributed by atoms with Crippen LogP contribution >= 0.6 is 0 Å². The predicted octanol–water partition coefficient (Wildman–Crippen LogP) is 3.91. The van der Waals surface area contributed by atoms with Gasteiger partial charge in [0.05, 0.1) is 12.3 Å². The molecule has 0 saturated carbocycles. The highest BCUT2D eigenvalue weighted by Gasteiger charge is 2.09. The van der Waals surface area contributed by atoms with Gasteiger partial charge in [-0.2, -0.15) is 0 Å². The number of aliphatic hydroxyl groups is 1. The van der Waals surface area contributed by atoms with Gasteiger partial charge in [-0.3, -0.25) is 4.98 Å². The van der Waals surface area contributed by atoms with Crippen molar-refractivity contribution >= 4 is 0 Å². The van der Waals surface area contributed by atoms with Crippen molar-refractivity contribution in [1.29, 1.82) is 0 Å². The second kappa shape index (κ2) is 5.68. The number of hydrogen-bond donors (Lipinski definition) is 1. The summed E-state index contributed by atoms with van der Waals surface area (Å²) in [5.41, 5.74) is 5.15. The highest BCUT2D eigenvalue weighted by atomic mass is 16.3. The van der Waals surface area contributed by atoms with E-state index in [2.05, 4.69) is 17.1 Å². The van der Waals surface area contributed by atoms with Crippen LogP contribution in [0.1, 0.15) is 5.56 Å². The summed E-state index contributed by atoms with van der Waals surface area (Å²) in [6.45, 7) is 0.0440. The molecule has 20 heavy (non-hydrogen) atoms. The van der Waals surface area contributed by atoms with Crippen molar-refractivity contribution in [1.82, 2.24) is 4.98 Å². The molecule has 0 atom stereocenters. The number of hydrogen-bond acceptors (Lipinski definition) is 2. The van der Waals surface area contributed by atoms with Crippen molar-refractivity contribution in [3.8, 4) is 22.4 Å². The number of aliphatic hydroxyl groups excluding tert-OH is 1. The Morgan fingerprint density at radius 2 is 1.60 bits per heavy atom. The van der Waals surface area contributed by atoms with Gasteiger partial charge in [0.2, 0.25) is 0 Å². The van der Waals surface area contributed by atoms with Gasteiger partial charge < -0.3 is 5.11 Å². The molecule has 2 aromatic carbocycles. The Morgan fingerprint density at radius 1 is 0.800 bits per heavy atom. The molecule has 1 heterocycles. The van der Waals surface area contributed by atoms with Gasteiger partial charge in [0.15, 0.2) is 0 Å². The smallest absolute Gasteiger partial charge is 0.0708 e. The van der Waals surface area contributed by atoms with Crippen molar-refractivity contribution in [2.75, 3.05) is 0 Å². The van der Waals surface area contributed by atoms with Crippen molar-refractivity contribution in [2.24, 2.45) is 0 Å². The van der Waals surface area contributed by atoms with Gasteiger partial charge in [-0.25, -0.2) is 0 Å². The van der Waals surface area contributed by atoms with Gasteiger partial charge in [0.1, 0.15) is 0 Å². The first-order valence-corrected chi connectivity index (χ1v) is 6.59. The summed E-state index contributed by atoms with van der Waals surface area (Å²) in [5.74, 6) is 0. The molecule has 0 aliphatic carbocycles. The SMILES string of the molecule is OCc1ccc(-c2ccccn2)c(-c2ccccc2)c1. The Hall–Kier alpha value is -2.45. The molecule has 0 fully saturated rings. The molecule has 0 aliphatic heterocycles. The molecule has 1 N–H and O–H groups in total. The molecule has 0 unspecified atom stereocenters. The zero-order valence-electron chi connectivity index (χ0n) is 11.0. The lowest BCUT2D eigenvalue weighted by atomic mass is 9.95. The molecule has 1 aromatic heterocycles. The van der Waals surface area contributed by atoms with E-state index in [-0.39, 0.29) is 6.61 Å². The summed E-state index contributed by atoms with van der Waals surface area (Å²) in [4.78, 5) is 4.43. The first-order chi connectivity index (χ1) is 9.88. The zero-order valence-corrected chi connectivity index (χ0v) is 11.0. The van der Waals surface area contributed by atoms with Crippen LogP contribution in [0, 0.1) is 0 Å². The number of aromatic nitrogens is 1. The molecule has 3 aromatic rings. The van der Waals surface area contributed by atoms with Crippen LogP contribution in [0.2, 0.25) is 0 Å². The second-order valence-corrected chi connectivity index (χ2v) is 4.62. The highest BCUT2D eigenvalue weighted by molar-refractivity contribution is 5.82. The molecular weight excluding hydrogens is 246 g/mol. The third kappa shape index (κ3) is 2.46. The van der Waals surface area contributed by atoms with Crippen LogP contribution in [0.4, 0.5) is 0 Å². The molecule has 0 saturated heterocycles. The van der Waals surface area contributed by atoms with Gasteiger partial charge in [0, 0.05) is 11.8 Å². The fourth-order valence-corrected chi connectivity index (χ4v) is 2.29. The van der Waals surface area contributed by atoms with Gasteiger partial charge in [0.25, 0.3) is 0 Å². The van der Waals surface area contributed by atoms with E-state index in [1.807, 2.05) is 54.6 Å². The largest absolute Gasteiger partial charge is 0.392 e. The Balaban J connectivity index is 2.20. The highest BCUT2D eigenvalue weighted by Crippen LogP contribution is 2.31. The van der Waals surface area contributed by atoms with E-state index in [4.69, 9.17) is 0 Å². The Kier molecular flexibility index (Phi) is 3.57. The Bertz CT molecular complexity index is 693. The minimum Gasteiger partial charge on any atom is -0.392 e. The third-order valence-electron chi connectivity index (χ3n) is 3.29. The van der Waals surface area contributed by atoms with E-state index < -0.39 is 0 Å². The molecule has 2 nitrogen and oxygen atoms in total. The first-order valence-electron chi connectivity index (χ1n) is 6.59. The second-order valence-electron chi connectivity index (χ2n) is 4.62. The fraction of sp³-hybridized carbons (Fsp3) is 0.0556. The third-order valence-corrected chi connectivity index (χ3v) is 3.29. The quantitative estimate of drug-likeness (QED) is 0.775. The average molecular weight is 261 g/mol. The normalized spacial score (nSPS) is 10.4. The minimum atomic E-state index is 0.0440. The van der Waals surface area contributed by atoms with Gasteiger partial charge in [-0.15, -0.1) is 0 Å². The van der Waals surface area contributed by atoms with Crippen molar-refractivity contribution in [3.63, 3.8) is 0 Å². The van der Waals surface area contributed by atoms with Crippen molar-refractivity contribution in [2.45, 2.75) is 6.61 Å². The lowest BCUT2D eigenvalue weighted by Crippen LogP contribution is -1.91. The van der Waals surface area contributed by atoms with Crippen molar-refractivity contribution in [3.05, 3.63) is 78.5 Å². The molecule has 0 amide bonds. The maximum Gasteiger partial charge on any atom is 0.0708 e. The van der Waals surface area contributed by atoms with Crippen LogP contribution in [0.5, 0.6) is 0 Å². The van der Waals surface area contributed by atoms with Crippen LogP contribution in [0.15, 0.2) is 72.9 Å². The maximum atomic E-state index is 9.35. The van der Waals surface area contributed by atoms with E-state index in [1.165, 1.54) is 0 Å². The summed E-state index contributed by atoms with van der Waals surface area (Å²) in [6.07, 6.45) is 1.80. The number of pyridine rings is 1. The van der Waals surface area contributed by atoms with E-state index >= 15 is 0 Å². The summed E-state index contributed by atoms with van der Waals surface area (Å²) < 4.78 is 0. The fourth-order valence-electron chi connectivity index (χ4n) is 2.29. The molecule has 98 valence electrons. The van der Waals surface area contributed by atoms with E-state index in [9.17, 15) is 5.11 Å².